The van der Waals surface area contributed by atoms with Gasteiger partial charge in [-0.15, -0.1) is 0 Å². The molecule has 12 N–H and O–H groups in total. The highest BCUT2D eigenvalue weighted by Crippen LogP contribution is 2.33. The summed E-state index contributed by atoms with van der Waals surface area (Å²) < 4.78 is 34.2. The first-order chi connectivity index (χ1) is 38.3. The van der Waals surface area contributed by atoms with Gasteiger partial charge in [-0.25, -0.2) is 0 Å². The fourth-order valence-corrected chi connectivity index (χ4v) is 9.79. The smallest absolute Gasteiger partial charge is 0.220 e. The van der Waals surface area contributed by atoms with Crippen molar-refractivity contribution in [3.8, 4) is 0 Å². The van der Waals surface area contributed by atoms with Gasteiger partial charge in [0.1, 0.15) is 73.2 Å². The molecule has 19 heteroatoms. The Bertz CT molecular complexity index is 1680. The average Bonchev–Trinajstić information content (AvgIpc) is 3.57. The number of hydrogen-bond donors (Lipinski definition) is 12. The molecule has 1 amide bonds. The molecule has 79 heavy (non-hydrogen) atoms. The molecule has 0 spiro atoms. The van der Waals surface area contributed by atoms with Crippen molar-refractivity contribution in [2.75, 3.05) is 26.4 Å². The van der Waals surface area contributed by atoms with E-state index in [-0.39, 0.29) is 18.9 Å². The Morgan fingerprint density at radius 1 is 0.456 bits per heavy atom. The fraction of sp³-hybridized carbons (Fsp3) is 0.817. The molecule has 458 valence electrons. The largest absolute Gasteiger partial charge is 0.394 e. The third-order valence-electron chi connectivity index (χ3n) is 14.7. The van der Waals surface area contributed by atoms with Crippen LogP contribution in [0.15, 0.2) is 60.8 Å². The molecule has 0 aliphatic carbocycles. The maximum Gasteiger partial charge on any atom is 0.220 e. The Morgan fingerprint density at radius 3 is 1.38 bits per heavy atom. The molecule has 0 aromatic carbocycles. The molecule has 3 aliphatic heterocycles. The second kappa shape index (κ2) is 43.2. The number of carbonyl (C=O) groups is 1. The quantitative estimate of drug-likeness (QED) is 0.0274. The van der Waals surface area contributed by atoms with E-state index in [0.29, 0.717) is 12.8 Å². The Hall–Kier alpha value is -2.51. The monoisotopic (exact) mass is 1130 g/mol. The van der Waals surface area contributed by atoms with Gasteiger partial charge in [0, 0.05) is 6.42 Å². The van der Waals surface area contributed by atoms with E-state index in [1.54, 1.807) is 6.08 Å². The number of carbonyl (C=O) groups excluding carboxylic acids is 1. The maximum atomic E-state index is 13.3. The summed E-state index contributed by atoms with van der Waals surface area (Å²) >= 11 is 0. The zero-order valence-corrected chi connectivity index (χ0v) is 47.6. The highest BCUT2D eigenvalue weighted by molar-refractivity contribution is 5.76. The summed E-state index contributed by atoms with van der Waals surface area (Å²) in [4.78, 5) is 13.3. The number of aliphatic hydroxyl groups is 11. The van der Waals surface area contributed by atoms with Crippen LogP contribution in [-0.2, 0) is 33.2 Å². The van der Waals surface area contributed by atoms with Crippen molar-refractivity contribution in [2.24, 2.45) is 0 Å². The summed E-state index contributed by atoms with van der Waals surface area (Å²) in [5.74, 6) is -0.296. The van der Waals surface area contributed by atoms with E-state index < -0.39 is 124 Å². The van der Waals surface area contributed by atoms with Gasteiger partial charge in [-0.05, 0) is 70.6 Å². The second-order valence-corrected chi connectivity index (χ2v) is 21.4. The van der Waals surface area contributed by atoms with E-state index in [0.717, 1.165) is 70.6 Å². The lowest BCUT2D eigenvalue weighted by Gasteiger charge is -2.48. The highest BCUT2D eigenvalue weighted by atomic mass is 16.8. The maximum absolute atomic E-state index is 13.3. The van der Waals surface area contributed by atoms with Gasteiger partial charge in [0.25, 0.3) is 0 Å². The first-order valence-electron chi connectivity index (χ1n) is 30.0. The van der Waals surface area contributed by atoms with Crippen molar-refractivity contribution in [3.05, 3.63) is 60.8 Å². The normalized spacial score (nSPS) is 30.7. The fourth-order valence-electron chi connectivity index (χ4n) is 9.79. The molecule has 17 unspecified atom stereocenters. The Morgan fingerprint density at radius 2 is 0.873 bits per heavy atom. The lowest BCUT2D eigenvalue weighted by molar-refractivity contribution is -0.379. The lowest BCUT2D eigenvalue weighted by Crippen LogP contribution is -2.66. The molecule has 3 saturated heterocycles. The molecular formula is C60H105NO18. The standard InChI is InChI=1S/C60H105NO18/c1-3-5-7-9-11-13-15-16-17-18-19-20-21-22-23-24-25-26-28-30-32-34-36-38-48(66)61-43(44(65)37-35-33-31-29-27-14-12-10-8-6-4-2)42-74-58-54(72)51(69)56(46(40-63)76-58)79-60-55(73)52(70)57(47(41-64)77-60)78-59-53(71)50(68)49(67)45(39-62)75-59/h8,10,15-16,18-19,27,29,35,37,43-47,49-60,62-65,67-73H,3-7,9,11-14,17,20-26,28,30-34,36,38-42H2,1-2H3,(H,61,66)/b10-8+,16-15-,19-18-,29-27+,37-35+. The minimum Gasteiger partial charge on any atom is -0.394 e. The third-order valence-corrected chi connectivity index (χ3v) is 14.7. The Balaban J connectivity index is 1.47. The van der Waals surface area contributed by atoms with Gasteiger partial charge in [0.15, 0.2) is 18.9 Å². The summed E-state index contributed by atoms with van der Waals surface area (Å²) in [5, 5.41) is 120. The minimum absolute atomic E-state index is 0.227. The summed E-state index contributed by atoms with van der Waals surface area (Å²) in [5.41, 5.74) is 0. The van der Waals surface area contributed by atoms with Gasteiger partial charge in [0.2, 0.25) is 5.91 Å². The van der Waals surface area contributed by atoms with Gasteiger partial charge < -0.3 is 89.9 Å². The van der Waals surface area contributed by atoms with Crippen molar-refractivity contribution in [1.29, 1.82) is 0 Å². The average molecular weight is 1130 g/mol. The first kappa shape index (κ1) is 70.8. The van der Waals surface area contributed by atoms with Crippen LogP contribution in [0.1, 0.15) is 181 Å². The molecule has 0 saturated carbocycles. The minimum atomic E-state index is -1.98. The number of aliphatic hydroxyl groups excluding tert-OH is 11. The van der Waals surface area contributed by atoms with Crippen LogP contribution in [0, 0.1) is 0 Å². The number of rotatable bonds is 43. The second-order valence-electron chi connectivity index (χ2n) is 21.4. The van der Waals surface area contributed by atoms with E-state index in [1.807, 2.05) is 6.08 Å². The number of allylic oxidation sites excluding steroid dienone is 9. The Labute approximate surface area is 471 Å². The van der Waals surface area contributed by atoms with E-state index in [9.17, 15) is 61.0 Å². The zero-order chi connectivity index (χ0) is 57.6. The SMILES string of the molecule is CCC/C=C/CC/C=C/CC/C=C/C(O)C(COC1OC(CO)C(OC2OC(CO)C(OC3OC(CO)C(O)C(O)C3O)C(O)C2O)C(O)C1O)NC(=O)CCCCCCCCCCCCC/C=C\C/C=C\CCCCCCC. The van der Waals surface area contributed by atoms with E-state index in [1.165, 1.54) is 77.0 Å². The molecule has 3 rings (SSSR count). The summed E-state index contributed by atoms with van der Waals surface area (Å²) in [6.45, 7) is 1.58. The molecule has 0 radical (unpaired) electrons. The van der Waals surface area contributed by atoms with Crippen LogP contribution in [0.3, 0.4) is 0 Å². The molecule has 3 aliphatic rings. The van der Waals surface area contributed by atoms with Crippen LogP contribution >= 0.6 is 0 Å². The molecule has 0 aromatic rings. The molecular weight excluding hydrogens is 1020 g/mol. The lowest BCUT2D eigenvalue weighted by atomic mass is 9.96. The van der Waals surface area contributed by atoms with Crippen molar-refractivity contribution in [3.63, 3.8) is 0 Å². The van der Waals surface area contributed by atoms with Crippen LogP contribution in [0.25, 0.3) is 0 Å². The highest BCUT2D eigenvalue weighted by Gasteiger charge is 2.53. The van der Waals surface area contributed by atoms with Gasteiger partial charge in [-0.3, -0.25) is 4.79 Å². The van der Waals surface area contributed by atoms with Gasteiger partial charge >= 0.3 is 0 Å². The van der Waals surface area contributed by atoms with Crippen LogP contribution in [0.2, 0.25) is 0 Å². The summed E-state index contributed by atoms with van der Waals surface area (Å²) in [7, 11) is 0. The predicted molar refractivity (Wildman–Crippen MR) is 300 cm³/mol. The van der Waals surface area contributed by atoms with Gasteiger partial charge in [0.05, 0.1) is 38.6 Å². The molecule has 0 bridgehead atoms. The zero-order valence-electron chi connectivity index (χ0n) is 47.6. The van der Waals surface area contributed by atoms with Crippen molar-refractivity contribution in [1.82, 2.24) is 5.32 Å². The van der Waals surface area contributed by atoms with Crippen LogP contribution in [0.5, 0.6) is 0 Å². The summed E-state index contributed by atoms with van der Waals surface area (Å²) in [6, 6.07) is -0.997. The van der Waals surface area contributed by atoms with Crippen molar-refractivity contribution >= 4 is 5.91 Å². The molecule has 17 atom stereocenters. The van der Waals surface area contributed by atoms with E-state index in [2.05, 4.69) is 67.8 Å². The Kier molecular flexibility index (Phi) is 38.7. The predicted octanol–water partition coefficient (Wildman–Crippen LogP) is 5.26. The van der Waals surface area contributed by atoms with Gasteiger partial charge in [-0.1, -0.05) is 164 Å². The number of amides is 1. The van der Waals surface area contributed by atoms with Crippen LogP contribution in [0.4, 0.5) is 0 Å². The summed E-state index contributed by atoms with van der Waals surface area (Å²) in [6.07, 6.45) is 22.2. The first-order valence-corrected chi connectivity index (χ1v) is 30.0. The van der Waals surface area contributed by atoms with Gasteiger partial charge in [-0.2, -0.15) is 0 Å². The van der Waals surface area contributed by atoms with E-state index in [4.69, 9.17) is 28.4 Å². The number of unbranched alkanes of at least 4 members (excludes halogenated alkanes) is 19. The number of ether oxygens (including phenoxy) is 6. The molecule has 19 nitrogen and oxygen atoms in total. The van der Waals surface area contributed by atoms with Crippen molar-refractivity contribution < 1.29 is 89.4 Å². The molecule has 3 heterocycles. The molecule has 3 fully saturated rings. The van der Waals surface area contributed by atoms with Crippen LogP contribution < -0.4 is 5.32 Å². The number of hydrogen-bond acceptors (Lipinski definition) is 18. The van der Waals surface area contributed by atoms with Crippen LogP contribution in [-0.4, -0.2) is 193 Å². The number of nitrogens with one attached hydrogen (secondary N) is 1. The molecule has 0 aromatic heterocycles. The third kappa shape index (κ3) is 27.2. The topological polar surface area (TPSA) is 307 Å². The van der Waals surface area contributed by atoms with E-state index >= 15 is 0 Å². The van der Waals surface area contributed by atoms with Crippen molar-refractivity contribution in [2.45, 2.75) is 285 Å².